The molecule has 1 aromatic heterocycles. The Labute approximate surface area is 65.9 Å². The molecule has 3 heteroatoms. The first-order chi connectivity index (χ1) is 5.38. The molecule has 0 aliphatic carbocycles. The number of nitrogens with one attached hydrogen (secondary N) is 1. The van der Waals surface area contributed by atoms with Gasteiger partial charge in [0.2, 0.25) is 0 Å². The Balaban J connectivity index is 2.89. The van der Waals surface area contributed by atoms with E-state index < -0.39 is 0 Å². The van der Waals surface area contributed by atoms with Gasteiger partial charge in [-0.3, -0.25) is 10.1 Å². The maximum atomic E-state index is 4.09. The zero-order chi connectivity index (χ0) is 8.10. The highest BCUT2D eigenvalue weighted by Crippen LogP contribution is 1.98. The van der Waals surface area contributed by atoms with Gasteiger partial charge in [0.15, 0.2) is 0 Å². The van der Waals surface area contributed by atoms with Gasteiger partial charge in [-0.15, -0.1) is 0 Å². The minimum Gasteiger partial charge on any atom is -0.288 e. The number of aromatic amines is 1. The van der Waals surface area contributed by atoms with E-state index in [-0.39, 0.29) is 0 Å². The van der Waals surface area contributed by atoms with Crippen LogP contribution in [0.2, 0.25) is 0 Å². The summed E-state index contributed by atoms with van der Waals surface area (Å²) >= 11 is 0. The van der Waals surface area contributed by atoms with E-state index in [4.69, 9.17) is 0 Å². The number of nitrogens with zero attached hydrogens (tertiary/aromatic N) is 2. The van der Waals surface area contributed by atoms with Crippen molar-refractivity contribution >= 4 is 5.71 Å². The fourth-order valence-corrected chi connectivity index (χ4v) is 0.849. The number of hydrogen-bond acceptors (Lipinski definition) is 2. The molecule has 58 valence electrons. The highest BCUT2D eigenvalue weighted by molar-refractivity contribution is 6.08. The van der Waals surface area contributed by atoms with Crippen LogP contribution < -0.4 is 0 Å². The van der Waals surface area contributed by atoms with Crippen LogP contribution in [-0.4, -0.2) is 23.0 Å². The van der Waals surface area contributed by atoms with E-state index in [0.717, 1.165) is 11.3 Å². The zero-order valence-corrected chi connectivity index (χ0v) is 6.70. The minimum absolute atomic E-state index is 0.946. The molecule has 0 spiro atoms. The smallest absolute Gasteiger partial charge is 0.0671 e. The van der Waals surface area contributed by atoms with E-state index in [0.29, 0.717) is 0 Å². The van der Waals surface area contributed by atoms with Crippen molar-refractivity contribution in [3.05, 3.63) is 30.1 Å². The summed E-state index contributed by atoms with van der Waals surface area (Å²) in [6.07, 6.45) is 7.48. The van der Waals surface area contributed by atoms with Gasteiger partial charge in [-0.1, -0.05) is 6.08 Å². The molecular weight excluding hydrogens is 138 g/mol. The number of hydrogen-bond donors (Lipinski definition) is 1. The van der Waals surface area contributed by atoms with Gasteiger partial charge in [0.25, 0.3) is 0 Å². The van der Waals surface area contributed by atoms with Crippen LogP contribution in [-0.2, 0) is 0 Å². The van der Waals surface area contributed by atoms with Crippen LogP contribution in [0.4, 0.5) is 0 Å². The molecule has 0 fully saturated rings. The van der Waals surface area contributed by atoms with E-state index in [1.54, 1.807) is 13.2 Å². The molecule has 1 N–H and O–H groups in total. The largest absolute Gasteiger partial charge is 0.288 e. The zero-order valence-electron chi connectivity index (χ0n) is 6.70. The number of rotatable bonds is 2. The van der Waals surface area contributed by atoms with E-state index >= 15 is 0 Å². The van der Waals surface area contributed by atoms with E-state index in [9.17, 15) is 0 Å². The van der Waals surface area contributed by atoms with Gasteiger partial charge >= 0.3 is 0 Å². The molecule has 0 aromatic carbocycles. The molecule has 0 atom stereocenters. The second-order valence-corrected chi connectivity index (χ2v) is 2.10. The van der Waals surface area contributed by atoms with Gasteiger partial charge < -0.3 is 0 Å². The van der Waals surface area contributed by atoms with Crippen molar-refractivity contribution in [1.82, 2.24) is 10.2 Å². The molecule has 0 unspecified atom stereocenters. The molecule has 0 aliphatic heterocycles. The lowest BCUT2D eigenvalue weighted by molar-refractivity contribution is 1.09. The third-order valence-electron chi connectivity index (χ3n) is 1.36. The number of aliphatic imine (C=N–C) groups is 1. The Kier molecular flexibility index (Phi) is 2.60. The molecule has 3 nitrogen and oxygen atoms in total. The van der Waals surface area contributed by atoms with Gasteiger partial charge in [0.1, 0.15) is 0 Å². The second kappa shape index (κ2) is 3.71. The SMILES string of the molecule is C/C=C\C(=NC)c1cn[nH]c1. The summed E-state index contributed by atoms with van der Waals surface area (Å²) in [5.74, 6) is 0. The Bertz CT molecular complexity index is 257. The second-order valence-electron chi connectivity index (χ2n) is 2.10. The molecule has 0 radical (unpaired) electrons. The lowest BCUT2D eigenvalue weighted by Crippen LogP contribution is -1.92. The standard InChI is InChI=1S/C8H11N3/c1-3-4-8(9-2)7-5-10-11-6-7/h3-6H,1-2H3,(H,10,11)/b4-3-,9-8?. The lowest BCUT2D eigenvalue weighted by atomic mass is 10.2. The molecular formula is C8H11N3. The van der Waals surface area contributed by atoms with Crippen molar-refractivity contribution in [2.24, 2.45) is 4.99 Å². The van der Waals surface area contributed by atoms with Crippen molar-refractivity contribution in [1.29, 1.82) is 0 Å². The molecule has 1 aromatic rings. The van der Waals surface area contributed by atoms with Gasteiger partial charge in [-0.2, -0.15) is 5.10 Å². The maximum Gasteiger partial charge on any atom is 0.0671 e. The summed E-state index contributed by atoms with van der Waals surface area (Å²) in [5.41, 5.74) is 1.96. The molecule has 0 amide bonds. The normalized spacial score (nSPS) is 12.7. The predicted molar refractivity (Wildman–Crippen MR) is 45.9 cm³/mol. The average Bonchev–Trinajstić information content (AvgIpc) is 2.52. The average molecular weight is 149 g/mol. The Morgan fingerprint density at radius 2 is 2.55 bits per heavy atom. The Morgan fingerprint density at radius 1 is 1.73 bits per heavy atom. The van der Waals surface area contributed by atoms with E-state index in [1.807, 2.05) is 25.3 Å². The molecule has 0 bridgehead atoms. The number of allylic oxidation sites excluding steroid dienone is 2. The van der Waals surface area contributed by atoms with Crippen LogP contribution in [0.1, 0.15) is 12.5 Å². The molecule has 1 rings (SSSR count). The quantitative estimate of drug-likeness (QED) is 0.634. The first-order valence-electron chi connectivity index (χ1n) is 3.47. The topological polar surface area (TPSA) is 41.0 Å². The summed E-state index contributed by atoms with van der Waals surface area (Å²) in [6, 6.07) is 0. The highest BCUT2D eigenvalue weighted by atomic mass is 15.1. The summed E-state index contributed by atoms with van der Waals surface area (Å²) in [7, 11) is 1.77. The predicted octanol–water partition coefficient (Wildman–Crippen LogP) is 1.40. The van der Waals surface area contributed by atoms with Gasteiger partial charge in [0, 0.05) is 18.8 Å². The fraction of sp³-hybridized carbons (Fsp3) is 0.250. The summed E-state index contributed by atoms with van der Waals surface area (Å²) < 4.78 is 0. The van der Waals surface area contributed by atoms with Crippen LogP contribution in [0.5, 0.6) is 0 Å². The van der Waals surface area contributed by atoms with Crippen LogP contribution in [0.15, 0.2) is 29.5 Å². The summed E-state index contributed by atoms with van der Waals surface area (Å²) in [4.78, 5) is 4.09. The molecule has 1 heterocycles. The van der Waals surface area contributed by atoms with E-state index in [2.05, 4.69) is 15.2 Å². The number of H-pyrrole nitrogens is 1. The van der Waals surface area contributed by atoms with Gasteiger partial charge in [-0.25, -0.2) is 0 Å². The number of aromatic nitrogens is 2. The third kappa shape index (κ3) is 1.77. The molecule has 0 aliphatic rings. The van der Waals surface area contributed by atoms with Crippen molar-refractivity contribution in [2.45, 2.75) is 6.92 Å². The third-order valence-corrected chi connectivity index (χ3v) is 1.36. The van der Waals surface area contributed by atoms with Crippen molar-refractivity contribution in [3.8, 4) is 0 Å². The highest BCUT2D eigenvalue weighted by Gasteiger charge is 1.97. The monoisotopic (exact) mass is 149 g/mol. The minimum atomic E-state index is 0.946. The van der Waals surface area contributed by atoms with E-state index in [1.165, 1.54) is 0 Å². The first-order valence-corrected chi connectivity index (χ1v) is 3.47. The maximum absolute atomic E-state index is 4.09. The fourth-order valence-electron chi connectivity index (χ4n) is 0.849. The van der Waals surface area contributed by atoms with Crippen LogP contribution in [0, 0.1) is 0 Å². The molecule has 0 saturated carbocycles. The van der Waals surface area contributed by atoms with Crippen molar-refractivity contribution < 1.29 is 0 Å². The van der Waals surface area contributed by atoms with Gasteiger partial charge in [0.05, 0.1) is 11.9 Å². The summed E-state index contributed by atoms with van der Waals surface area (Å²) in [6.45, 7) is 1.96. The van der Waals surface area contributed by atoms with Crippen LogP contribution >= 0.6 is 0 Å². The first kappa shape index (κ1) is 7.72. The van der Waals surface area contributed by atoms with Crippen molar-refractivity contribution in [3.63, 3.8) is 0 Å². The summed E-state index contributed by atoms with van der Waals surface area (Å²) in [5, 5.41) is 6.57. The van der Waals surface area contributed by atoms with Crippen molar-refractivity contribution in [2.75, 3.05) is 7.05 Å². The Morgan fingerprint density at radius 3 is 3.00 bits per heavy atom. The Hall–Kier alpha value is -1.38. The van der Waals surface area contributed by atoms with Crippen LogP contribution in [0.3, 0.4) is 0 Å². The van der Waals surface area contributed by atoms with Gasteiger partial charge in [-0.05, 0) is 13.0 Å². The lowest BCUT2D eigenvalue weighted by Gasteiger charge is -1.91. The molecule has 0 saturated heterocycles. The molecule has 11 heavy (non-hydrogen) atoms. The van der Waals surface area contributed by atoms with Crippen LogP contribution in [0.25, 0.3) is 0 Å².